The average Bonchev–Trinajstić information content (AvgIpc) is 2.42. The Hall–Kier alpha value is -0.870. The normalized spacial score (nSPS) is 12.7. The first kappa shape index (κ1) is 16.2. The lowest BCUT2D eigenvalue weighted by atomic mass is 10.1. The van der Waals surface area contributed by atoms with Crippen LogP contribution in [0.4, 0.5) is 4.39 Å². The molecule has 2 nitrogen and oxygen atoms in total. The van der Waals surface area contributed by atoms with Crippen molar-refractivity contribution in [2.45, 2.75) is 25.8 Å². The second-order valence-electron chi connectivity index (χ2n) is 4.68. The quantitative estimate of drug-likeness (QED) is 0.681. The van der Waals surface area contributed by atoms with Gasteiger partial charge in [0.2, 0.25) is 0 Å². The highest BCUT2D eigenvalue weighted by molar-refractivity contribution is 7.98. The van der Waals surface area contributed by atoms with E-state index in [1.165, 1.54) is 12.1 Å². The molecule has 0 saturated heterocycles. The van der Waals surface area contributed by atoms with Gasteiger partial charge in [-0.2, -0.15) is 11.8 Å². The van der Waals surface area contributed by atoms with Gasteiger partial charge in [0.15, 0.2) is 5.78 Å². The van der Waals surface area contributed by atoms with E-state index >= 15 is 0 Å². The minimum absolute atomic E-state index is 0.0749. The standard InChI is InChI=1S/C15H22FNOS/c1-4-14(11-19-3)17(2)10-9-15(18)12-5-7-13(16)8-6-12/h5-8,14H,4,9-11H2,1-3H3. The molecule has 0 saturated carbocycles. The van der Waals surface area contributed by atoms with Crippen molar-refractivity contribution < 1.29 is 9.18 Å². The molecule has 0 aliphatic rings. The maximum Gasteiger partial charge on any atom is 0.164 e. The number of carbonyl (C=O) groups excluding carboxylic acids is 1. The third-order valence-corrected chi connectivity index (χ3v) is 4.03. The predicted octanol–water partition coefficient (Wildman–Crippen LogP) is 3.47. The van der Waals surface area contributed by atoms with Crippen molar-refractivity contribution in [2.75, 3.05) is 25.6 Å². The summed E-state index contributed by atoms with van der Waals surface area (Å²) in [5, 5.41) is 0. The molecule has 1 atom stereocenters. The van der Waals surface area contributed by atoms with Crippen molar-refractivity contribution in [1.29, 1.82) is 0 Å². The third kappa shape index (κ3) is 5.33. The Morgan fingerprint density at radius 1 is 1.37 bits per heavy atom. The molecule has 0 N–H and O–H groups in total. The van der Waals surface area contributed by atoms with Crippen LogP contribution < -0.4 is 0 Å². The van der Waals surface area contributed by atoms with Gasteiger partial charge in [0.1, 0.15) is 5.82 Å². The molecular formula is C15H22FNOS. The lowest BCUT2D eigenvalue weighted by molar-refractivity contribution is 0.0962. The zero-order chi connectivity index (χ0) is 14.3. The number of halogens is 1. The van der Waals surface area contributed by atoms with Crippen LogP contribution in [0.1, 0.15) is 30.1 Å². The van der Waals surface area contributed by atoms with E-state index < -0.39 is 0 Å². The molecule has 0 spiro atoms. The summed E-state index contributed by atoms with van der Waals surface area (Å²) in [4.78, 5) is 14.2. The smallest absolute Gasteiger partial charge is 0.164 e. The topological polar surface area (TPSA) is 20.3 Å². The van der Waals surface area contributed by atoms with Gasteiger partial charge in [-0.05, 0) is 44.0 Å². The summed E-state index contributed by atoms with van der Waals surface area (Å²) in [6.07, 6.45) is 3.66. The zero-order valence-electron chi connectivity index (χ0n) is 11.9. The van der Waals surface area contributed by atoms with Crippen molar-refractivity contribution in [3.63, 3.8) is 0 Å². The summed E-state index contributed by atoms with van der Waals surface area (Å²) >= 11 is 1.83. The van der Waals surface area contributed by atoms with Crippen LogP contribution in [-0.2, 0) is 0 Å². The second kappa shape index (κ2) is 8.33. The molecule has 0 heterocycles. The van der Waals surface area contributed by atoms with Crippen LogP contribution >= 0.6 is 11.8 Å². The van der Waals surface area contributed by atoms with E-state index in [-0.39, 0.29) is 11.6 Å². The first-order valence-corrected chi connectivity index (χ1v) is 7.95. The lowest BCUT2D eigenvalue weighted by Gasteiger charge is -2.26. The van der Waals surface area contributed by atoms with Crippen LogP contribution in [0.3, 0.4) is 0 Å². The SMILES string of the molecule is CCC(CSC)N(C)CCC(=O)c1ccc(F)cc1. The Morgan fingerprint density at radius 3 is 2.53 bits per heavy atom. The van der Waals surface area contributed by atoms with E-state index in [1.54, 1.807) is 12.1 Å². The Morgan fingerprint density at radius 2 is 2.00 bits per heavy atom. The fourth-order valence-corrected chi connectivity index (χ4v) is 2.86. The number of nitrogens with zero attached hydrogens (tertiary/aromatic N) is 1. The van der Waals surface area contributed by atoms with E-state index in [0.29, 0.717) is 18.0 Å². The highest BCUT2D eigenvalue weighted by Crippen LogP contribution is 2.11. The van der Waals surface area contributed by atoms with E-state index in [9.17, 15) is 9.18 Å². The monoisotopic (exact) mass is 283 g/mol. The number of hydrogen-bond acceptors (Lipinski definition) is 3. The second-order valence-corrected chi connectivity index (χ2v) is 5.59. The number of hydrogen-bond donors (Lipinski definition) is 0. The van der Waals surface area contributed by atoms with Crippen molar-refractivity contribution in [1.82, 2.24) is 4.90 Å². The van der Waals surface area contributed by atoms with E-state index in [2.05, 4.69) is 25.1 Å². The fourth-order valence-electron chi connectivity index (χ4n) is 1.99. The number of thioether (sulfide) groups is 1. The van der Waals surface area contributed by atoms with Gasteiger partial charge in [-0.1, -0.05) is 6.92 Å². The average molecular weight is 283 g/mol. The van der Waals surface area contributed by atoms with E-state index in [1.807, 2.05) is 11.8 Å². The van der Waals surface area contributed by atoms with Crippen LogP contribution in [-0.4, -0.2) is 42.3 Å². The Kier molecular flexibility index (Phi) is 7.10. The molecule has 0 amide bonds. The van der Waals surface area contributed by atoms with Crippen LogP contribution in [0.5, 0.6) is 0 Å². The van der Waals surface area contributed by atoms with Gasteiger partial charge >= 0.3 is 0 Å². The zero-order valence-corrected chi connectivity index (χ0v) is 12.7. The highest BCUT2D eigenvalue weighted by atomic mass is 32.2. The summed E-state index contributed by atoms with van der Waals surface area (Å²) < 4.78 is 12.8. The van der Waals surface area contributed by atoms with Gasteiger partial charge in [0.25, 0.3) is 0 Å². The minimum Gasteiger partial charge on any atom is -0.302 e. The van der Waals surface area contributed by atoms with Gasteiger partial charge in [-0.25, -0.2) is 4.39 Å². The summed E-state index contributed by atoms with van der Waals surface area (Å²) in [5.41, 5.74) is 0.590. The Bertz CT molecular complexity index is 394. The van der Waals surface area contributed by atoms with Gasteiger partial charge in [0.05, 0.1) is 0 Å². The van der Waals surface area contributed by atoms with Crippen LogP contribution in [0, 0.1) is 5.82 Å². The van der Waals surface area contributed by atoms with Crippen LogP contribution in [0.2, 0.25) is 0 Å². The molecule has 4 heteroatoms. The molecule has 1 unspecified atom stereocenters. The molecule has 1 aromatic rings. The molecule has 19 heavy (non-hydrogen) atoms. The van der Waals surface area contributed by atoms with Crippen molar-refractivity contribution in [3.05, 3.63) is 35.6 Å². The van der Waals surface area contributed by atoms with E-state index in [0.717, 1.165) is 18.7 Å². The highest BCUT2D eigenvalue weighted by Gasteiger charge is 2.14. The molecular weight excluding hydrogens is 261 g/mol. The van der Waals surface area contributed by atoms with Gasteiger partial charge < -0.3 is 4.90 Å². The number of carbonyl (C=O) groups is 1. The summed E-state index contributed by atoms with van der Waals surface area (Å²) in [5.74, 6) is 0.850. The maximum atomic E-state index is 12.8. The fraction of sp³-hybridized carbons (Fsp3) is 0.533. The molecule has 0 aliphatic heterocycles. The summed E-state index contributed by atoms with van der Waals surface area (Å²) in [7, 11) is 2.06. The number of Topliss-reactive ketones (excluding diaryl/α,β-unsaturated/α-hetero) is 1. The summed E-state index contributed by atoms with van der Waals surface area (Å²) in [6.45, 7) is 2.91. The molecule has 0 fully saturated rings. The molecule has 0 radical (unpaired) electrons. The minimum atomic E-state index is -0.306. The Balaban J connectivity index is 2.47. The largest absolute Gasteiger partial charge is 0.302 e. The molecule has 1 aromatic carbocycles. The third-order valence-electron chi connectivity index (χ3n) is 3.31. The first-order valence-electron chi connectivity index (χ1n) is 6.56. The van der Waals surface area contributed by atoms with Crippen LogP contribution in [0.15, 0.2) is 24.3 Å². The number of benzene rings is 1. The number of ketones is 1. The van der Waals surface area contributed by atoms with E-state index in [4.69, 9.17) is 0 Å². The van der Waals surface area contributed by atoms with Crippen molar-refractivity contribution in [3.8, 4) is 0 Å². The molecule has 106 valence electrons. The number of rotatable bonds is 8. The first-order chi connectivity index (χ1) is 9.08. The molecule has 0 aromatic heterocycles. The van der Waals surface area contributed by atoms with Gasteiger partial charge in [0, 0.05) is 30.3 Å². The van der Waals surface area contributed by atoms with Gasteiger partial charge in [-0.15, -0.1) is 0 Å². The summed E-state index contributed by atoms with van der Waals surface area (Å²) in [6, 6.07) is 6.28. The maximum absolute atomic E-state index is 12.8. The van der Waals surface area contributed by atoms with Crippen molar-refractivity contribution in [2.24, 2.45) is 0 Å². The predicted molar refractivity (Wildman–Crippen MR) is 80.4 cm³/mol. The van der Waals surface area contributed by atoms with Crippen LogP contribution in [0.25, 0.3) is 0 Å². The molecule has 0 bridgehead atoms. The van der Waals surface area contributed by atoms with Crippen molar-refractivity contribution >= 4 is 17.5 Å². The van der Waals surface area contributed by atoms with Gasteiger partial charge in [-0.3, -0.25) is 4.79 Å². The lowest BCUT2D eigenvalue weighted by Crippen LogP contribution is -2.34. The Labute approximate surface area is 119 Å². The molecule has 1 rings (SSSR count). The molecule has 0 aliphatic carbocycles.